The second-order valence-electron chi connectivity index (χ2n) is 8.35. The summed E-state index contributed by atoms with van der Waals surface area (Å²) >= 11 is 0. The number of aliphatic hydroxyl groups is 3. The molecular formula is C20H36O10. The van der Waals surface area contributed by atoms with E-state index in [0.29, 0.717) is 12.8 Å². The molecule has 0 spiro atoms. The van der Waals surface area contributed by atoms with Gasteiger partial charge in [0.15, 0.2) is 18.9 Å². The monoisotopic (exact) mass is 436 g/mol. The van der Waals surface area contributed by atoms with Crippen molar-refractivity contribution in [2.45, 2.75) is 114 Å². The van der Waals surface area contributed by atoms with Crippen LogP contribution in [-0.4, -0.2) is 103 Å². The van der Waals surface area contributed by atoms with Crippen molar-refractivity contribution in [2.75, 3.05) is 14.2 Å². The van der Waals surface area contributed by atoms with Crippen LogP contribution in [0.5, 0.6) is 0 Å². The van der Waals surface area contributed by atoms with Gasteiger partial charge in [-0.3, -0.25) is 0 Å². The summed E-state index contributed by atoms with van der Waals surface area (Å²) in [7, 11) is 3.15. The lowest BCUT2D eigenvalue weighted by atomic mass is 9.99. The highest BCUT2D eigenvalue weighted by atomic mass is 16.7. The fraction of sp³-hybridized carbons (Fsp3) is 1.00. The molecule has 3 aliphatic rings. The lowest BCUT2D eigenvalue weighted by Crippen LogP contribution is -2.56. The van der Waals surface area contributed by atoms with Gasteiger partial charge in [-0.2, -0.15) is 0 Å². The first-order chi connectivity index (χ1) is 14.2. The summed E-state index contributed by atoms with van der Waals surface area (Å²) in [4.78, 5) is 0. The van der Waals surface area contributed by atoms with Crippen molar-refractivity contribution in [1.82, 2.24) is 0 Å². The maximum absolute atomic E-state index is 10.3. The van der Waals surface area contributed by atoms with Gasteiger partial charge in [0.25, 0.3) is 0 Å². The Kier molecular flexibility index (Phi) is 8.47. The van der Waals surface area contributed by atoms with Gasteiger partial charge in [-0.1, -0.05) is 0 Å². The van der Waals surface area contributed by atoms with Crippen LogP contribution < -0.4 is 0 Å². The van der Waals surface area contributed by atoms with Crippen molar-refractivity contribution in [3.8, 4) is 0 Å². The van der Waals surface area contributed by atoms with E-state index in [2.05, 4.69) is 0 Å². The van der Waals surface area contributed by atoms with Crippen LogP contribution in [0.25, 0.3) is 0 Å². The largest absolute Gasteiger partial charge is 0.390 e. The van der Waals surface area contributed by atoms with E-state index in [-0.39, 0.29) is 24.7 Å². The molecule has 0 aliphatic carbocycles. The van der Waals surface area contributed by atoms with E-state index in [1.54, 1.807) is 28.1 Å². The first kappa shape index (κ1) is 24.2. The van der Waals surface area contributed by atoms with E-state index in [9.17, 15) is 15.3 Å². The van der Waals surface area contributed by atoms with E-state index in [1.165, 1.54) is 0 Å². The molecular weight excluding hydrogens is 400 g/mol. The number of aliphatic hydroxyl groups excluding tert-OH is 3. The van der Waals surface area contributed by atoms with Gasteiger partial charge in [-0.15, -0.1) is 0 Å². The van der Waals surface area contributed by atoms with Crippen molar-refractivity contribution in [3.05, 3.63) is 0 Å². The number of hydrogen-bond donors (Lipinski definition) is 3. The minimum Gasteiger partial charge on any atom is -0.390 e. The lowest BCUT2D eigenvalue weighted by Gasteiger charge is -2.45. The molecule has 10 nitrogen and oxygen atoms in total. The molecule has 3 rings (SSSR count). The van der Waals surface area contributed by atoms with E-state index in [4.69, 9.17) is 33.2 Å². The Hall–Kier alpha value is -0.400. The molecule has 0 aromatic carbocycles. The molecule has 176 valence electrons. The summed E-state index contributed by atoms with van der Waals surface area (Å²) < 4.78 is 40.3. The van der Waals surface area contributed by atoms with Gasteiger partial charge >= 0.3 is 0 Å². The Morgan fingerprint density at radius 2 is 1.20 bits per heavy atom. The van der Waals surface area contributed by atoms with E-state index >= 15 is 0 Å². The van der Waals surface area contributed by atoms with Crippen LogP contribution in [-0.2, 0) is 33.2 Å². The molecule has 3 saturated heterocycles. The quantitative estimate of drug-likeness (QED) is 0.520. The molecule has 0 radical (unpaired) electrons. The number of methoxy groups -OCH3 is 2. The van der Waals surface area contributed by atoms with Gasteiger partial charge in [0.1, 0.15) is 18.3 Å². The van der Waals surface area contributed by atoms with Crippen molar-refractivity contribution in [3.63, 3.8) is 0 Å². The second kappa shape index (κ2) is 10.5. The minimum absolute atomic E-state index is 0.0838. The molecule has 3 N–H and O–H groups in total. The van der Waals surface area contributed by atoms with Crippen molar-refractivity contribution >= 4 is 0 Å². The van der Waals surface area contributed by atoms with Gasteiger partial charge in [-0.05, 0) is 20.8 Å². The van der Waals surface area contributed by atoms with Crippen LogP contribution in [0.2, 0.25) is 0 Å². The number of hydrogen-bond acceptors (Lipinski definition) is 10. The average Bonchev–Trinajstić information content (AvgIpc) is 2.68. The summed E-state index contributed by atoms with van der Waals surface area (Å²) in [6, 6.07) is 0. The van der Waals surface area contributed by atoms with Crippen LogP contribution in [0, 0.1) is 0 Å². The molecule has 30 heavy (non-hydrogen) atoms. The summed E-state index contributed by atoms with van der Waals surface area (Å²) in [5, 5.41) is 30.0. The predicted octanol–water partition coefficient (Wildman–Crippen LogP) is -0.0944. The Morgan fingerprint density at radius 3 is 1.80 bits per heavy atom. The van der Waals surface area contributed by atoms with E-state index < -0.39 is 55.5 Å². The van der Waals surface area contributed by atoms with Crippen LogP contribution in [0.1, 0.15) is 40.0 Å². The standard InChI is InChI=1S/C20H36O10/c1-9-18(23)13(24-4)7-16(27-9)30-20-11(3)28-17(8-14(20)25-5)29-19-10(2)26-15(22)6-12(19)21/h9-23H,6-8H2,1-5H3/t9-,10+,11+,12-,13+,14-,15?,16-,17-,18-,19+,20+/m0/s1. The molecule has 3 heterocycles. The maximum atomic E-state index is 10.3. The van der Waals surface area contributed by atoms with Gasteiger partial charge in [0.05, 0.1) is 36.6 Å². The van der Waals surface area contributed by atoms with Gasteiger partial charge in [0.2, 0.25) is 0 Å². The van der Waals surface area contributed by atoms with Gasteiger partial charge < -0.3 is 48.5 Å². The molecule has 0 bridgehead atoms. The molecule has 12 atom stereocenters. The lowest BCUT2D eigenvalue weighted by molar-refractivity contribution is -0.333. The highest BCUT2D eigenvalue weighted by molar-refractivity contribution is 4.88. The first-order valence-corrected chi connectivity index (χ1v) is 10.6. The summed E-state index contributed by atoms with van der Waals surface area (Å²) in [5.74, 6) is 0. The fourth-order valence-electron chi connectivity index (χ4n) is 4.43. The Labute approximate surface area is 177 Å². The molecule has 10 heteroatoms. The van der Waals surface area contributed by atoms with Crippen LogP contribution >= 0.6 is 0 Å². The predicted molar refractivity (Wildman–Crippen MR) is 102 cm³/mol. The molecule has 3 fully saturated rings. The molecule has 0 saturated carbocycles. The van der Waals surface area contributed by atoms with Crippen molar-refractivity contribution < 1.29 is 48.5 Å². The minimum atomic E-state index is -1.00. The van der Waals surface area contributed by atoms with E-state index in [0.717, 1.165) is 0 Å². The number of ether oxygens (including phenoxy) is 7. The summed E-state index contributed by atoms with van der Waals surface area (Å²) in [6.45, 7) is 5.38. The highest BCUT2D eigenvalue weighted by Crippen LogP contribution is 2.32. The molecule has 0 aromatic heterocycles. The smallest absolute Gasteiger partial charge is 0.161 e. The Bertz CT molecular complexity index is 524. The maximum Gasteiger partial charge on any atom is 0.161 e. The van der Waals surface area contributed by atoms with Crippen molar-refractivity contribution in [1.29, 1.82) is 0 Å². The van der Waals surface area contributed by atoms with Crippen LogP contribution in [0.3, 0.4) is 0 Å². The number of rotatable bonds is 6. The zero-order valence-electron chi connectivity index (χ0n) is 18.2. The Morgan fingerprint density at radius 1 is 0.667 bits per heavy atom. The van der Waals surface area contributed by atoms with Crippen LogP contribution in [0.15, 0.2) is 0 Å². The zero-order valence-corrected chi connectivity index (χ0v) is 18.2. The molecule has 3 aliphatic heterocycles. The second-order valence-corrected chi connectivity index (χ2v) is 8.35. The molecule has 0 aromatic rings. The van der Waals surface area contributed by atoms with Gasteiger partial charge in [0, 0.05) is 33.5 Å². The summed E-state index contributed by atoms with van der Waals surface area (Å²) in [5.41, 5.74) is 0. The highest BCUT2D eigenvalue weighted by Gasteiger charge is 2.45. The van der Waals surface area contributed by atoms with E-state index in [1.807, 2.05) is 6.92 Å². The average molecular weight is 436 g/mol. The first-order valence-electron chi connectivity index (χ1n) is 10.6. The third kappa shape index (κ3) is 5.50. The van der Waals surface area contributed by atoms with Crippen LogP contribution in [0.4, 0.5) is 0 Å². The molecule has 0 amide bonds. The fourth-order valence-corrected chi connectivity index (χ4v) is 4.43. The molecule has 1 unspecified atom stereocenters. The third-order valence-electron chi connectivity index (χ3n) is 6.15. The zero-order chi connectivity index (χ0) is 22.0. The van der Waals surface area contributed by atoms with Gasteiger partial charge in [-0.25, -0.2) is 0 Å². The normalized spacial score (nSPS) is 50.4. The topological polar surface area (TPSA) is 125 Å². The summed E-state index contributed by atoms with van der Waals surface area (Å²) in [6.07, 6.45) is -5.88. The Balaban J connectivity index is 1.59. The van der Waals surface area contributed by atoms with Crippen molar-refractivity contribution in [2.24, 2.45) is 0 Å². The third-order valence-corrected chi connectivity index (χ3v) is 6.15. The SMILES string of the molecule is CO[C@H]1C[C@H](O[C@H]2[C@@H](O)CC(O)O[C@@H]2C)O[C@H](C)[C@H]1O[C@H]1C[C@@H](OC)[C@@H](O)[C@H](C)O1.